The van der Waals surface area contributed by atoms with E-state index in [1.54, 1.807) is 18.2 Å². The van der Waals surface area contributed by atoms with E-state index in [4.69, 9.17) is 15.2 Å². The summed E-state index contributed by atoms with van der Waals surface area (Å²) in [6, 6.07) is 7.26. The zero-order chi connectivity index (χ0) is 18.8. The summed E-state index contributed by atoms with van der Waals surface area (Å²) in [6.07, 6.45) is 3.54. The summed E-state index contributed by atoms with van der Waals surface area (Å²) in [7, 11) is 2.53. The number of benzene rings is 1. The smallest absolute Gasteiger partial charge is 0.357 e. The highest BCUT2D eigenvalue weighted by molar-refractivity contribution is 5.97. The van der Waals surface area contributed by atoms with Gasteiger partial charge in [-0.15, -0.1) is 0 Å². The van der Waals surface area contributed by atoms with E-state index < -0.39 is 11.9 Å². The number of nitriles is 1. The van der Waals surface area contributed by atoms with Crippen molar-refractivity contribution in [3.05, 3.63) is 41.2 Å². The molecule has 3 rings (SSSR count). The molecule has 1 aliphatic rings. The number of rotatable bonds is 5. The SMILES string of the molecule is COC(=O)c1ccc(NC2CC2)c(-n2cc(C#N)c(N)c2C(=O)OC)c1. The lowest BCUT2D eigenvalue weighted by Gasteiger charge is -2.16. The number of carbonyl (C=O) groups excluding carboxylic acids is 2. The maximum absolute atomic E-state index is 12.2. The Morgan fingerprint density at radius 3 is 2.54 bits per heavy atom. The third kappa shape index (κ3) is 3.07. The van der Waals surface area contributed by atoms with E-state index in [2.05, 4.69) is 5.32 Å². The number of nitrogen functional groups attached to an aromatic ring is 1. The Kier molecular flexibility index (Phi) is 4.54. The van der Waals surface area contributed by atoms with Gasteiger partial charge in [-0.05, 0) is 31.0 Å². The third-order valence-electron chi connectivity index (χ3n) is 4.16. The number of nitrogens with zero attached hydrogens (tertiary/aromatic N) is 2. The number of hydrogen-bond donors (Lipinski definition) is 2. The van der Waals surface area contributed by atoms with E-state index in [0.717, 1.165) is 12.8 Å². The van der Waals surface area contributed by atoms with Gasteiger partial charge < -0.3 is 25.1 Å². The first-order valence-corrected chi connectivity index (χ1v) is 7.98. The van der Waals surface area contributed by atoms with Gasteiger partial charge in [0.2, 0.25) is 0 Å². The number of esters is 2. The standard InChI is InChI=1S/C18H18N4O4/c1-25-17(23)10-3-6-13(21-12-4-5-12)14(7-10)22-9-11(8-19)15(20)16(22)18(24)26-2/h3,6-7,9,12,21H,4-5,20H2,1-2H3. The van der Waals surface area contributed by atoms with E-state index >= 15 is 0 Å². The average Bonchev–Trinajstić information content (AvgIpc) is 3.41. The van der Waals surface area contributed by atoms with Crippen LogP contribution in [-0.2, 0) is 9.47 Å². The number of methoxy groups -OCH3 is 2. The second-order valence-electron chi connectivity index (χ2n) is 5.92. The number of carbonyl (C=O) groups is 2. The molecule has 8 heteroatoms. The van der Waals surface area contributed by atoms with Crippen molar-refractivity contribution in [3.8, 4) is 11.8 Å². The van der Waals surface area contributed by atoms with Crippen molar-refractivity contribution in [1.82, 2.24) is 4.57 Å². The minimum atomic E-state index is -0.676. The van der Waals surface area contributed by atoms with Crippen LogP contribution in [0.3, 0.4) is 0 Å². The van der Waals surface area contributed by atoms with Gasteiger partial charge in [0.15, 0.2) is 5.69 Å². The second-order valence-corrected chi connectivity index (χ2v) is 5.92. The summed E-state index contributed by atoms with van der Waals surface area (Å²) in [4.78, 5) is 24.2. The van der Waals surface area contributed by atoms with Crippen molar-refractivity contribution in [3.63, 3.8) is 0 Å². The van der Waals surface area contributed by atoms with Crippen LogP contribution in [0.4, 0.5) is 11.4 Å². The summed E-state index contributed by atoms with van der Waals surface area (Å²) < 4.78 is 11.0. The van der Waals surface area contributed by atoms with Crippen LogP contribution in [0.25, 0.3) is 5.69 Å². The van der Waals surface area contributed by atoms with Crippen molar-refractivity contribution in [2.24, 2.45) is 0 Å². The van der Waals surface area contributed by atoms with Crippen LogP contribution < -0.4 is 11.1 Å². The quantitative estimate of drug-likeness (QED) is 0.789. The molecule has 3 N–H and O–H groups in total. The fraction of sp³-hybridized carbons (Fsp3) is 0.278. The van der Waals surface area contributed by atoms with Crippen molar-refractivity contribution >= 4 is 23.3 Å². The molecule has 0 spiro atoms. The van der Waals surface area contributed by atoms with Gasteiger partial charge in [0, 0.05) is 12.2 Å². The Morgan fingerprint density at radius 1 is 1.27 bits per heavy atom. The number of aromatic nitrogens is 1. The Labute approximate surface area is 150 Å². The molecule has 1 heterocycles. The Morgan fingerprint density at radius 2 is 1.96 bits per heavy atom. The van der Waals surface area contributed by atoms with Crippen LogP contribution in [-0.4, -0.2) is 36.8 Å². The van der Waals surface area contributed by atoms with E-state index in [1.165, 1.54) is 25.0 Å². The van der Waals surface area contributed by atoms with Gasteiger partial charge >= 0.3 is 11.9 Å². The summed E-state index contributed by atoms with van der Waals surface area (Å²) in [5, 5.41) is 12.6. The molecular formula is C18H18N4O4. The maximum Gasteiger partial charge on any atom is 0.357 e. The predicted octanol–water partition coefficient (Wildman–Crippen LogP) is 2.08. The highest BCUT2D eigenvalue weighted by Crippen LogP contribution is 2.33. The first-order valence-electron chi connectivity index (χ1n) is 7.98. The lowest BCUT2D eigenvalue weighted by molar-refractivity contribution is 0.0588. The van der Waals surface area contributed by atoms with E-state index in [9.17, 15) is 14.9 Å². The van der Waals surface area contributed by atoms with Gasteiger partial charge in [-0.3, -0.25) is 0 Å². The maximum atomic E-state index is 12.2. The summed E-state index contributed by atoms with van der Waals surface area (Å²) in [5.74, 6) is -1.19. The minimum Gasteiger partial charge on any atom is -0.465 e. The molecule has 2 aromatic rings. The van der Waals surface area contributed by atoms with Crippen LogP contribution in [0.2, 0.25) is 0 Å². The molecule has 0 saturated heterocycles. The largest absolute Gasteiger partial charge is 0.465 e. The van der Waals surface area contributed by atoms with Gasteiger partial charge in [-0.25, -0.2) is 9.59 Å². The van der Waals surface area contributed by atoms with Gasteiger partial charge in [0.05, 0.1) is 42.4 Å². The molecule has 0 bridgehead atoms. The molecular weight excluding hydrogens is 336 g/mol. The molecule has 1 saturated carbocycles. The summed E-state index contributed by atoms with van der Waals surface area (Å²) >= 11 is 0. The van der Waals surface area contributed by atoms with Crippen LogP contribution in [0.5, 0.6) is 0 Å². The second kappa shape index (κ2) is 6.80. The molecule has 1 aromatic heterocycles. The third-order valence-corrected chi connectivity index (χ3v) is 4.16. The zero-order valence-electron chi connectivity index (χ0n) is 14.4. The van der Waals surface area contributed by atoms with Gasteiger partial charge in [-0.1, -0.05) is 0 Å². The average molecular weight is 354 g/mol. The molecule has 0 radical (unpaired) electrons. The molecule has 0 aliphatic heterocycles. The first-order chi connectivity index (χ1) is 12.5. The van der Waals surface area contributed by atoms with E-state index in [0.29, 0.717) is 23.0 Å². The number of ether oxygens (including phenoxy) is 2. The number of nitrogens with two attached hydrogens (primary N) is 1. The van der Waals surface area contributed by atoms with E-state index in [1.807, 2.05) is 6.07 Å². The molecule has 26 heavy (non-hydrogen) atoms. The number of hydrogen-bond acceptors (Lipinski definition) is 7. The predicted molar refractivity (Wildman–Crippen MR) is 94.2 cm³/mol. The monoisotopic (exact) mass is 354 g/mol. The molecule has 134 valence electrons. The molecule has 1 aromatic carbocycles. The topological polar surface area (TPSA) is 119 Å². The van der Waals surface area contributed by atoms with Gasteiger partial charge in [0.1, 0.15) is 6.07 Å². The number of anilines is 2. The number of nitrogens with one attached hydrogen (secondary N) is 1. The molecule has 0 amide bonds. The Hall–Kier alpha value is -3.47. The molecule has 0 unspecified atom stereocenters. The normalized spacial score (nSPS) is 13.0. The van der Waals surface area contributed by atoms with Crippen LogP contribution in [0.1, 0.15) is 39.3 Å². The summed E-state index contributed by atoms with van der Waals surface area (Å²) in [5.41, 5.74) is 7.70. The highest BCUT2D eigenvalue weighted by atomic mass is 16.5. The minimum absolute atomic E-state index is 0.0280. The van der Waals surface area contributed by atoms with Crippen molar-refractivity contribution in [1.29, 1.82) is 5.26 Å². The molecule has 0 atom stereocenters. The highest BCUT2D eigenvalue weighted by Gasteiger charge is 2.26. The van der Waals surface area contributed by atoms with Crippen molar-refractivity contribution in [2.45, 2.75) is 18.9 Å². The van der Waals surface area contributed by atoms with E-state index in [-0.39, 0.29) is 16.9 Å². The Bertz CT molecular complexity index is 922. The molecule has 1 aliphatic carbocycles. The Balaban J connectivity index is 2.22. The fourth-order valence-electron chi connectivity index (χ4n) is 2.65. The lowest BCUT2D eigenvalue weighted by atomic mass is 10.1. The van der Waals surface area contributed by atoms with Crippen LogP contribution >= 0.6 is 0 Å². The van der Waals surface area contributed by atoms with Crippen molar-refractivity contribution < 1.29 is 19.1 Å². The van der Waals surface area contributed by atoms with Crippen LogP contribution in [0.15, 0.2) is 24.4 Å². The summed E-state index contributed by atoms with van der Waals surface area (Å²) in [6.45, 7) is 0. The van der Waals surface area contributed by atoms with Gasteiger partial charge in [-0.2, -0.15) is 5.26 Å². The van der Waals surface area contributed by atoms with Gasteiger partial charge in [0.25, 0.3) is 0 Å². The van der Waals surface area contributed by atoms with Crippen molar-refractivity contribution in [2.75, 3.05) is 25.3 Å². The lowest BCUT2D eigenvalue weighted by Crippen LogP contribution is -2.14. The zero-order valence-corrected chi connectivity index (χ0v) is 14.4. The first kappa shape index (κ1) is 17.4. The van der Waals surface area contributed by atoms with Crippen LogP contribution in [0, 0.1) is 11.3 Å². The molecule has 1 fully saturated rings. The fourth-order valence-corrected chi connectivity index (χ4v) is 2.65. The molecule has 8 nitrogen and oxygen atoms in total.